The van der Waals surface area contributed by atoms with E-state index in [9.17, 15) is 4.79 Å². The highest BCUT2D eigenvalue weighted by Gasteiger charge is 2.11. The number of carbonyl (C=O) groups is 1. The molecule has 3 rings (SSSR count). The summed E-state index contributed by atoms with van der Waals surface area (Å²) in [6.45, 7) is 8.33. The van der Waals surface area contributed by atoms with Crippen LogP contribution in [0.25, 0.3) is 11.3 Å². The Labute approximate surface area is 160 Å². The first-order valence-corrected chi connectivity index (χ1v) is 9.35. The van der Waals surface area contributed by atoms with E-state index in [-0.39, 0.29) is 5.91 Å². The van der Waals surface area contributed by atoms with Crippen molar-refractivity contribution >= 4 is 11.6 Å². The minimum Gasteiger partial charge on any atom is -0.441 e. The van der Waals surface area contributed by atoms with Crippen LogP contribution in [0.1, 0.15) is 48.8 Å². The third-order valence-corrected chi connectivity index (χ3v) is 4.73. The lowest BCUT2D eigenvalue weighted by Gasteiger charge is -2.10. The summed E-state index contributed by atoms with van der Waals surface area (Å²) >= 11 is 0. The summed E-state index contributed by atoms with van der Waals surface area (Å²) in [7, 11) is 0. The van der Waals surface area contributed by atoms with Crippen LogP contribution in [0.4, 0.5) is 5.69 Å². The second kappa shape index (κ2) is 8.21. The van der Waals surface area contributed by atoms with Crippen LogP contribution in [-0.2, 0) is 11.2 Å². The average Bonchev–Trinajstić information content (AvgIpc) is 3.12. The van der Waals surface area contributed by atoms with Gasteiger partial charge in [-0.15, -0.1) is 0 Å². The van der Waals surface area contributed by atoms with Gasteiger partial charge in [0.1, 0.15) is 0 Å². The predicted octanol–water partition coefficient (Wildman–Crippen LogP) is 5.65. The van der Waals surface area contributed by atoms with Crippen LogP contribution >= 0.6 is 0 Å². The maximum atomic E-state index is 12.3. The van der Waals surface area contributed by atoms with Gasteiger partial charge < -0.3 is 9.73 Å². The summed E-state index contributed by atoms with van der Waals surface area (Å²) < 4.78 is 5.83. The zero-order chi connectivity index (χ0) is 19.4. The summed E-state index contributed by atoms with van der Waals surface area (Å²) in [5.41, 5.74) is 5.30. The van der Waals surface area contributed by atoms with Gasteiger partial charge in [0.05, 0.1) is 6.20 Å². The normalized spacial score (nSPS) is 11.0. The van der Waals surface area contributed by atoms with Gasteiger partial charge in [0, 0.05) is 24.1 Å². The molecular weight excluding hydrogens is 336 g/mol. The number of aromatic nitrogens is 1. The van der Waals surface area contributed by atoms with Crippen LogP contribution in [0.2, 0.25) is 0 Å². The third-order valence-electron chi connectivity index (χ3n) is 4.73. The van der Waals surface area contributed by atoms with Crippen LogP contribution in [0.15, 0.2) is 53.1 Å². The predicted molar refractivity (Wildman–Crippen MR) is 109 cm³/mol. The number of para-hydroxylation sites is 1. The van der Waals surface area contributed by atoms with Gasteiger partial charge in [0.15, 0.2) is 11.7 Å². The van der Waals surface area contributed by atoms with E-state index in [4.69, 9.17) is 4.42 Å². The number of oxazole rings is 1. The van der Waals surface area contributed by atoms with Crippen LogP contribution in [0, 0.1) is 13.8 Å². The standard InChI is InChI=1S/C23H26N2O2/c1-15(2)18-8-10-19(11-9-18)20-14-24-22(27-20)13-12-21(26)25-23-16(3)6-5-7-17(23)4/h5-11,14-15H,12-13H2,1-4H3,(H,25,26). The molecule has 1 amide bonds. The minimum atomic E-state index is -0.0339. The topological polar surface area (TPSA) is 55.1 Å². The van der Waals surface area contributed by atoms with Gasteiger partial charge in [0.2, 0.25) is 5.91 Å². The molecule has 0 saturated heterocycles. The Kier molecular flexibility index (Phi) is 5.75. The highest BCUT2D eigenvalue weighted by Crippen LogP contribution is 2.24. The number of rotatable bonds is 6. The van der Waals surface area contributed by atoms with Gasteiger partial charge in [0.25, 0.3) is 0 Å². The molecule has 3 aromatic rings. The van der Waals surface area contributed by atoms with Gasteiger partial charge in [-0.25, -0.2) is 4.98 Å². The Hall–Kier alpha value is -2.88. The Morgan fingerprint density at radius 1 is 1.07 bits per heavy atom. The maximum absolute atomic E-state index is 12.3. The largest absolute Gasteiger partial charge is 0.441 e. The number of amides is 1. The zero-order valence-corrected chi connectivity index (χ0v) is 16.4. The van der Waals surface area contributed by atoms with E-state index in [1.165, 1.54) is 5.56 Å². The number of hydrogen-bond acceptors (Lipinski definition) is 3. The van der Waals surface area contributed by atoms with E-state index in [1.807, 2.05) is 44.2 Å². The third kappa shape index (κ3) is 4.64. The quantitative estimate of drug-likeness (QED) is 0.616. The van der Waals surface area contributed by atoms with Crippen molar-refractivity contribution in [3.05, 3.63) is 71.2 Å². The van der Waals surface area contributed by atoms with Crippen LogP contribution < -0.4 is 5.32 Å². The zero-order valence-electron chi connectivity index (χ0n) is 16.4. The number of nitrogens with zero attached hydrogens (tertiary/aromatic N) is 1. The SMILES string of the molecule is Cc1cccc(C)c1NC(=O)CCc1ncc(-c2ccc(C(C)C)cc2)o1. The van der Waals surface area contributed by atoms with Crippen molar-refractivity contribution in [2.24, 2.45) is 0 Å². The van der Waals surface area contributed by atoms with Crippen molar-refractivity contribution in [2.75, 3.05) is 5.32 Å². The lowest BCUT2D eigenvalue weighted by Crippen LogP contribution is -2.14. The molecule has 1 aromatic heterocycles. The van der Waals surface area contributed by atoms with Crippen LogP contribution in [0.3, 0.4) is 0 Å². The summed E-state index contributed by atoms with van der Waals surface area (Å²) in [6.07, 6.45) is 2.53. The van der Waals surface area contributed by atoms with E-state index >= 15 is 0 Å². The van der Waals surface area contributed by atoms with E-state index < -0.39 is 0 Å². The fourth-order valence-corrected chi connectivity index (χ4v) is 3.03. The molecule has 27 heavy (non-hydrogen) atoms. The Morgan fingerprint density at radius 2 is 1.74 bits per heavy atom. The molecular formula is C23H26N2O2. The molecule has 140 valence electrons. The molecule has 0 aliphatic heterocycles. The van der Waals surface area contributed by atoms with Crippen LogP contribution in [0.5, 0.6) is 0 Å². The first-order chi connectivity index (χ1) is 12.9. The first-order valence-electron chi connectivity index (χ1n) is 9.35. The van der Waals surface area contributed by atoms with Gasteiger partial charge in [-0.05, 0) is 36.5 Å². The maximum Gasteiger partial charge on any atom is 0.224 e. The molecule has 0 spiro atoms. The molecule has 2 aromatic carbocycles. The highest BCUT2D eigenvalue weighted by molar-refractivity contribution is 5.92. The molecule has 0 aliphatic rings. The molecule has 0 atom stereocenters. The fourth-order valence-electron chi connectivity index (χ4n) is 3.03. The van der Waals surface area contributed by atoms with Crippen molar-refractivity contribution in [1.82, 2.24) is 4.98 Å². The molecule has 0 saturated carbocycles. The molecule has 1 heterocycles. The van der Waals surface area contributed by atoms with E-state index in [1.54, 1.807) is 6.20 Å². The van der Waals surface area contributed by atoms with E-state index in [2.05, 4.69) is 36.3 Å². The smallest absolute Gasteiger partial charge is 0.224 e. The van der Waals surface area contributed by atoms with Crippen molar-refractivity contribution in [3.63, 3.8) is 0 Å². The fraction of sp³-hybridized carbons (Fsp3) is 0.304. The number of hydrogen-bond donors (Lipinski definition) is 1. The first kappa shape index (κ1) is 18.9. The molecule has 0 aliphatic carbocycles. The van der Waals surface area contributed by atoms with Crippen molar-refractivity contribution in [1.29, 1.82) is 0 Å². The molecule has 4 heteroatoms. The Morgan fingerprint density at radius 3 is 2.37 bits per heavy atom. The van der Waals surface area contributed by atoms with Gasteiger partial charge in [-0.3, -0.25) is 4.79 Å². The minimum absolute atomic E-state index is 0.0339. The highest BCUT2D eigenvalue weighted by atomic mass is 16.4. The van der Waals surface area contributed by atoms with Gasteiger partial charge in [-0.2, -0.15) is 0 Å². The molecule has 0 radical (unpaired) electrons. The summed E-state index contributed by atoms with van der Waals surface area (Å²) in [4.78, 5) is 16.6. The van der Waals surface area contributed by atoms with Gasteiger partial charge in [-0.1, -0.05) is 56.3 Å². The molecule has 0 bridgehead atoms. The van der Waals surface area contributed by atoms with Crippen LogP contribution in [-0.4, -0.2) is 10.9 Å². The van der Waals surface area contributed by atoms with Gasteiger partial charge >= 0.3 is 0 Å². The summed E-state index contributed by atoms with van der Waals surface area (Å²) in [5, 5.41) is 3.00. The number of benzene rings is 2. The summed E-state index contributed by atoms with van der Waals surface area (Å²) in [6, 6.07) is 14.3. The number of nitrogens with one attached hydrogen (secondary N) is 1. The summed E-state index contributed by atoms with van der Waals surface area (Å²) in [5.74, 6) is 1.78. The van der Waals surface area contributed by atoms with E-state index in [0.29, 0.717) is 24.7 Å². The Bertz CT molecular complexity index is 904. The molecule has 0 unspecified atom stereocenters. The number of anilines is 1. The second-order valence-electron chi connectivity index (χ2n) is 7.21. The lowest BCUT2D eigenvalue weighted by molar-refractivity contribution is -0.116. The average molecular weight is 362 g/mol. The monoisotopic (exact) mass is 362 g/mol. The number of carbonyl (C=O) groups excluding carboxylic acids is 1. The number of aryl methyl sites for hydroxylation is 3. The van der Waals surface area contributed by atoms with Crippen molar-refractivity contribution in [3.8, 4) is 11.3 Å². The lowest BCUT2D eigenvalue weighted by atomic mass is 10.0. The van der Waals surface area contributed by atoms with E-state index in [0.717, 1.165) is 28.1 Å². The van der Waals surface area contributed by atoms with Crippen molar-refractivity contribution < 1.29 is 9.21 Å². The Balaban J connectivity index is 1.60. The molecule has 1 N–H and O–H groups in total. The second-order valence-corrected chi connectivity index (χ2v) is 7.21. The molecule has 0 fully saturated rings. The molecule has 4 nitrogen and oxygen atoms in total. The van der Waals surface area contributed by atoms with Crippen molar-refractivity contribution in [2.45, 2.75) is 46.5 Å².